The number of aliphatic hydroxyl groups excluding tert-OH is 1. The van der Waals surface area contributed by atoms with E-state index in [0.717, 1.165) is 0 Å². The lowest BCUT2D eigenvalue weighted by molar-refractivity contribution is -0.143. The minimum Gasteiger partial charge on any atom is -0.481 e. The lowest BCUT2D eigenvalue weighted by atomic mass is 10.1. The minimum absolute atomic E-state index is 0.0248. The lowest BCUT2D eigenvalue weighted by Crippen LogP contribution is -2.58. The van der Waals surface area contributed by atoms with Crippen LogP contribution in [0, 0.1) is 0 Å². The van der Waals surface area contributed by atoms with Gasteiger partial charge < -0.3 is 42.0 Å². The number of nitrogens with two attached hydrogens (primary N) is 1. The van der Waals surface area contributed by atoms with Crippen LogP contribution in [0.5, 0.6) is 0 Å². The van der Waals surface area contributed by atoms with E-state index in [2.05, 4.69) is 25.9 Å². The first-order chi connectivity index (χ1) is 16.1. The van der Waals surface area contributed by atoms with E-state index in [4.69, 9.17) is 15.9 Å². The zero-order valence-electron chi connectivity index (χ0n) is 18.5. The lowest BCUT2D eigenvalue weighted by Gasteiger charge is -2.24. The maximum Gasteiger partial charge on any atom is 0.326 e. The molecule has 34 heavy (non-hydrogen) atoms. The number of nitrogens with one attached hydrogen (secondary N) is 4. The van der Waals surface area contributed by atoms with Gasteiger partial charge in [-0.2, -0.15) is 11.8 Å². The van der Waals surface area contributed by atoms with Crippen LogP contribution in [-0.4, -0.2) is 97.7 Å². The van der Waals surface area contributed by atoms with Gasteiger partial charge in [-0.3, -0.25) is 19.2 Å². The van der Waals surface area contributed by atoms with E-state index in [9.17, 15) is 29.1 Å². The van der Waals surface area contributed by atoms with Crippen LogP contribution >= 0.6 is 11.8 Å². The molecule has 1 rings (SSSR count). The third-order valence-corrected chi connectivity index (χ3v) is 5.29. The molecular formula is C19H30N6O8S. The van der Waals surface area contributed by atoms with Crippen molar-refractivity contribution in [3.05, 3.63) is 18.2 Å². The van der Waals surface area contributed by atoms with Gasteiger partial charge in [0.25, 0.3) is 0 Å². The second-order valence-electron chi connectivity index (χ2n) is 7.31. The van der Waals surface area contributed by atoms with Crippen LogP contribution in [0.1, 0.15) is 25.0 Å². The molecule has 190 valence electrons. The first-order valence-electron chi connectivity index (χ1n) is 10.3. The Morgan fingerprint density at radius 1 is 1.03 bits per heavy atom. The van der Waals surface area contributed by atoms with Crippen molar-refractivity contribution in [1.29, 1.82) is 0 Å². The summed E-state index contributed by atoms with van der Waals surface area (Å²) in [7, 11) is 0. The predicted molar refractivity (Wildman–Crippen MR) is 121 cm³/mol. The molecule has 0 aliphatic rings. The Balaban J connectivity index is 2.99. The van der Waals surface area contributed by atoms with Gasteiger partial charge in [0.2, 0.25) is 17.7 Å². The van der Waals surface area contributed by atoms with Crippen LogP contribution in [0.15, 0.2) is 12.5 Å². The quantitative estimate of drug-likeness (QED) is 0.117. The van der Waals surface area contributed by atoms with Crippen LogP contribution in [0.2, 0.25) is 0 Å². The molecule has 9 N–H and O–H groups in total. The first-order valence-corrected chi connectivity index (χ1v) is 11.7. The molecule has 0 aliphatic heterocycles. The summed E-state index contributed by atoms with van der Waals surface area (Å²) in [5, 5.41) is 34.4. The molecule has 4 atom stereocenters. The molecule has 0 aliphatic carbocycles. The minimum atomic E-state index is -1.46. The normalized spacial score (nSPS) is 14.3. The van der Waals surface area contributed by atoms with Crippen LogP contribution in [0.3, 0.4) is 0 Å². The number of hydrogen-bond acceptors (Lipinski definition) is 9. The number of aliphatic hydroxyl groups is 1. The molecule has 1 aromatic rings. The molecular weight excluding hydrogens is 472 g/mol. The number of carboxylic acid groups (broad SMARTS) is 2. The Labute approximate surface area is 199 Å². The average molecular weight is 503 g/mol. The van der Waals surface area contributed by atoms with E-state index in [1.165, 1.54) is 24.3 Å². The van der Waals surface area contributed by atoms with E-state index in [-0.39, 0.29) is 19.3 Å². The van der Waals surface area contributed by atoms with Gasteiger partial charge in [-0.05, 0) is 24.9 Å². The predicted octanol–water partition coefficient (Wildman–Crippen LogP) is -2.57. The van der Waals surface area contributed by atoms with Crippen molar-refractivity contribution in [2.75, 3.05) is 18.6 Å². The van der Waals surface area contributed by atoms with Gasteiger partial charge in [-0.25, -0.2) is 9.78 Å². The summed E-state index contributed by atoms with van der Waals surface area (Å²) >= 11 is 1.39. The van der Waals surface area contributed by atoms with Gasteiger partial charge in [0.15, 0.2) is 0 Å². The highest BCUT2D eigenvalue weighted by Crippen LogP contribution is 2.06. The zero-order valence-corrected chi connectivity index (χ0v) is 19.3. The number of H-pyrrole nitrogens is 1. The summed E-state index contributed by atoms with van der Waals surface area (Å²) in [5.41, 5.74) is 6.01. The van der Waals surface area contributed by atoms with Crippen molar-refractivity contribution >= 4 is 41.4 Å². The van der Waals surface area contributed by atoms with E-state index in [1.54, 1.807) is 6.26 Å². The number of hydrogen-bond donors (Lipinski definition) is 8. The molecule has 3 amide bonds. The molecule has 15 heteroatoms. The Morgan fingerprint density at radius 2 is 1.65 bits per heavy atom. The van der Waals surface area contributed by atoms with E-state index in [1.807, 2.05) is 0 Å². The number of imidazole rings is 1. The zero-order chi connectivity index (χ0) is 25.7. The number of nitrogens with zero attached hydrogens (tertiary/aromatic N) is 1. The second-order valence-corrected chi connectivity index (χ2v) is 8.29. The highest BCUT2D eigenvalue weighted by molar-refractivity contribution is 7.98. The molecule has 0 aromatic carbocycles. The van der Waals surface area contributed by atoms with E-state index >= 15 is 0 Å². The number of amides is 3. The molecule has 0 saturated carbocycles. The van der Waals surface area contributed by atoms with Crippen molar-refractivity contribution < 1.29 is 39.3 Å². The average Bonchev–Trinajstić information content (AvgIpc) is 3.30. The topological polar surface area (TPSA) is 237 Å². The first kappa shape index (κ1) is 28.9. The largest absolute Gasteiger partial charge is 0.481 e. The molecule has 4 unspecified atom stereocenters. The van der Waals surface area contributed by atoms with Crippen LogP contribution < -0.4 is 21.7 Å². The summed E-state index contributed by atoms with van der Waals surface area (Å²) in [6.45, 7) is -0.643. The Morgan fingerprint density at radius 3 is 2.18 bits per heavy atom. The number of rotatable bonds is 16. The van der Waals surface area contributed by atoms with Gasteiger partial charge in [-0.1, -0.05) is 0 Å². The molecule has 0 saturated heterocycles. The SMILES string of the molecule is CSCCC(NC(=O)C(Cc1cnc[nH]1)NC(=O)C(N)CO)C(=O)NC(CCC(=O)O)C(=O)O. The van der Waals surface area contributed by atoms with Gasteiger partial charge in [0, 0.05) is 24.7 Å². The number of thioether (sulfide) groups is 1. The van der Waals surface area contributed by atoms with Crippen molar-refractivity contribution in [1.82, 2.24) is 25.9 Å². The fourth-order valence-electron chi connectivity index (χ4n) is 2.76. The number of aromatic amines is 1. The number of aliphatic carboxylic acids is 2. The summed E-state index contributed by atoms with van der Waals surface area (Å²) in [6, 6.07) is -5.06. The van der Waals surface area contributed by atoms with Crippen molar-refractivity contribution in [2.24, 2.45) is 5.73 Å². The maximum absolute atomic E-state index is 13.0. The molecule has 0 radical (unpaired) electrons. The summed E-state index contributed by atoms with van der Waals surface area (Å²) in [4.78, 5) is 66.7. The van der Waals surface area contributed by atoms with Crippen LogP contribution in [0.25, 0.3) is 0 Å². The van der Waals surface area contributed by atoms with Gasteiger partial charge >= 0.3 is 11.9 Å². The number of carboxylic acids is 2. The van der Waals surface area contributed by atoms with Gasteiger partial charge in [-0.15, -0.1) is 0 Å². The van der Waals surface area contributed by atoms with Crippen LogP contribution in [0.4, 0.5) is 0 Å². The second kappa shape index (κ2) is 14.9. The van der Waals surface area contributed by atoms with E-state index < -0.39 is 66.9 Å². The molecule has 14 nitrogen and oxygen atoms in total. The number of carbonyl (C=O) groups excluding carboxylic acids is 3. The van der Waals surface area contributed by atoms with Gasteiger partial charge in [0.1, 0.15) is 24.2 Å². The Kier molecular flexibility index (Phi) is 12.6. The molecule has 0 fully saturated rings. The number of aromatic nitrogens is 2. The smallest absolute Gasteiger partial charge is 0.326 e. The molecule has 0 spiro atoms. The third-order valence-electron chi connectivity index (χ3n) is 4.65. The fourth-order valence-corrected chi connectivity index (χ4v) is 3.23. The highest BCUT2D eigenvalue weighted by atomic mass is 32.2. The molecule has 1 heterocycles. The van der Waals surface area contributed by atoms with Crippen molar-refractivity contribution in [2.45, 2.75) is 49.9 Å². The van der Waals surface area contributed by atoms with Crippen molar-refractivity contribution in [3.63, 3.8) is 0 Å². The fraction of sp³-hybridized carbons (Fsp3) is 0.579. The van der Waals surface area contributed by atoms with E-state index in [0.29, 0.717) is 11.4 Å². The molecule has 1 aromatic heterocycles. The monoisotopic (exact) mass is 502 g/mol. The summed E-state index contributed by atoms with van der Waals surface area (Å²) in [5.74, 6) is -4.52. The Hall–Kier alpha value is -3.17. The Bertz CT molecular complexity index is 837. The van der Waals surface area contributed by atoms with Gasteiger partial charge in [0.05, 0.1) is 12.9 Å². The highest BCUT2D eigenvalue weighted by Gasteiger charge is 2.30. The molecule has 0 bridgehead atoms. The van der Waals surface area contributed by atoms with Crippen molar-refractivity contribution in [3.8, 4) is 0 Å². The standard InChI is InChI=1S/C19H30N6O8S/c1-34-5-4-12(17(30)24-13(19(32)33)2-3-15(27)28)23-18(31)14(6-10-7-21-9-22-10)25-16(29)11(20)8-26/h7,9,11-14,26H,2-6,8,20H2,1H3,(H,21,22)(H,23,31)(H,24,30)(H,25,29)(H,27,28)(H,32,33). The van der Waals surface area contributed by atoms with Crippen LogP contribution in [-0.2, 0) is 30.4 Å². The maximum atomic E-state index is 13.0. The summed E-state index contributed by atoms with van der Waals surface area (Å²) in [6.07, 6.45) is 3.91. The third kappa shape index (κ3) is 10.2. The summed E-state index contributed by atoms with van der Waals surface area (Å²) < 4.78 is 0. The number of carbonyl (C=O) groups is 5.